The van der Waals surface area contributed by atoms with Gasteiger partial charge in [0.2, 0.25) is 0 Å². The number of aromatic hydroxyl groups is 1. The Morgan fingerprint density at radius 1 is 0.903 bits per heavy atom. The second-order valence-corrected chi connectivity index (χ2v) is 6.25. The molecule has 0 fully saturated rings. The van der Waals surface area contributed by atoms with Gasteiger partial charge in [0.15, 0.2) is 11.5 Å². The third-order valence-electron chi connectivity index (χ3n) is 4.23. The highest BCUT2D eigenvalue weighted by Gasteiger charge is 2.16. The second-order valence-electron chi connectivity index (χ2n) is 6.25. The van der Waals surface area contributed by atoms with Gasteiger partial charge in [0.05, 0.1) is 20.4 Å². The van der Waals surface area contributed by atoms with Gasteiger partial charge in [-0.2, -0.15) is 5.10 Å². The van der Waals surface area contributed by atoms with Crippen LogP contribution in [0.1, 0.15) is 26.3 Å². The minimum Gasteiger partial charge on any atom is -0.508 e. The summed E-state index contributed by atoms with van der Waals surface area (Å²) in [7, 11) is 2.92. The second kappa shape index (κ2) is 9.93. The van der Waals surface area contributed by atoms with Crippen molar-refractivity contribution in [3.8, 4) is 23.0 Å². The third-order valence-corrected chi connectivity index (χ3v) is 4.23. The van der Waals surface area contributed by atoms with Gasteiger partial charge in [-0.15, -0.1) is 0 Å². The van der Waals surface area contributed by atoms with Gasteiger partial charge < -0.3 is 19.3 Å². The van der Waals surface area contributed by atoms with E-state index in [0.29, 0.717) is 22.6 Å². The van der Waals surface area contributed by atoms with Crippen LogP contribution >= 0.6 is 0 Å². The Balaban J connectivity index is 1.69. The molecule has 0 radical (unpaired) electrons. The number of nitrogens with one attached hydrogen (secondary N) is 1. The first-order chi connectivity index (χ1) is 15.0. The Morgan fingerprint density at radius 3 is 2.32 bits per heavy atom. The maximum Gasteiger partial charge on any atom is 0.347 e. The Morgan fingerprint density at radius 2 is 1.61 bits per heavy atom. The molecule has 0 atom stereocenters. The van der Waals surface area contributed by atoms with E-state index in [4.69, 9.17) is 14.2 Å². The summed E-state index contributed by atoms with van der Waals surface area (Å²) in [5, 5.41) is 13.2. The first-order valence-electron chi connectivity index (χ1n) is 9.17. The summed E-state index contributed by atoms with van der Waals surface area (Å²) in [5.74, 6) is 0.00267. The van der Waals surface area contributed by atoms with E-state index in [9.17, 15) is 14.7 Å². The molecule has 0 unspecified atom stereocenters. The van der Waals surface area contributed by atoms with Crippen LogP contribution in [0, 0.1) is 0 Å². The summed E-state index contributed by atoms with van der Waals surface area (Å²) in [4.78, 5) is 24.5. The largest absolute Gasteiger partial charge is 0.508 e. The summed E-state index contributed by atoms with van der Waals surface area (Å²) < 4.78 is 15.9. The molecule has 3 rings (SSSR count). The molecule has 0 spiro atoms. The Kier molecular flexibility index (Phi) is 6.85. The standard InChI is InChI=1S/C23H20N2O6/c1-29-19-6-4-3-5-18(19)23(28)31-20-12-7-15(13-21(20)30-2)14-24-25-22(27)16-8-10-17(26)11-9-16/h3-14,26H,1-2H3,(H,25,27)/b24-14+. The number of phenolic OH excluding ortho intramolecular Hbond substituents is 1. The van der Waals surface area contributed by atoms with Gasteiger partial charge in [-0.05, 0) is 60.2 Å². The average molecular weight is 420 g/mol. The number of nitrogens with zero attached hydrogens (tertiary/aromatic N) is 1. The zero-order valence-corrected chi connectivity index (χ0v) is 16.9. The summed E-state index contributed by atoms with van der Waals surface area (Å²) in [6.45, 7) is 0. The highest BCUT2D eigenvalue weighted by Crippen LogP contribution is 2.29. The van der Waals surface area contributed by atoms with Crippen LogP contribution in [0.3, 0.4) is 0 Å². The lowest BCUT2D eigenvalue weighted by molar-refractivity contribution is 0.0726. The minimum absolute atomic E-state index is 0.0682. The van der Waals surface area contributed by atoms with E-state index in [0.717, 1.165) is 0 Å². The molecule has 0 aliphatic heterocycles. The van der Waals surface area contributed by atoms with Crippen molar-refractivity contribution in [3.05, 3.63) is 83.4 Å². The molecular formula is C23H20N2O6. The van der Waals surface area contributed by atoms with Crippen LogP contribution in [0.15, 0.2) is 71.8 Å². The van der Waals surface area contributed by atoms with Crippen molar-refractivity contribution in [2.75, 3.05) is 14.2 Å². The van der Waals surface area contributed by atoms with E-state index in [-0.39, 0.29) is 17.1 Å². The molecule has 3 aromatic carbocycles. The number of phenols is 1. The molecule has 31 heavy (non-hydrogen) atoms. The van der Waals surface area contributed by atoms with Gasteiger partial charge in [-0.1, -0.05) is 12.1 Å². The van der Waals surface area contributed by atoms with E-state index in [1.807, 2.05) is 0 Å². The molecule has 1 amide bonds. The fourth-order valence-corrected chi connectivity index (χ4v) is 2.66. The van der Waals surface area contributed by atoms with Crippen molar-refractivity contribution in [2.45, 2.75) is 0 Å². The lowest BCUT2D eigenvalue weighted by Gasteiger charge is -2.11. The minimum atomic E-state index is -0.585. The highest BCUT2D eigenvalue weighted by atomic mass is 16.6. The normalized spacial score (nSPS) is 10.5. The molecule has 3 aromatic rings. The van der Waals surface area contributed by atoms with Crippen molar-refractivity contribution in [3.63, 3.8) is 0 Å². The number of hydrogen-bond donors (Lipinski definition) is 2. The number of ether oxygens (including phenoxy) is 3. The molecule has 0 saturated carbocycles. The predicted molar refractivity (Wildman–Crippen MR) is 114 cm³/mol. The van der Waals surface area contributed by atoms with E-state index in [1.54, 1.807) is 42.5 Å². The topological polar surface area (TPSA) is 106 Å². The van der Waals surface area contributed by atoms with Gasteiger partial charge >= 0.3 is 5.97 Å². The van der Waals surface area contributed by atoms with Gasteiger partial charge in [0.25, 0.3) is 5.91 Å². The SMILES string of the molecule is COc1cc(/C=N/NC(=O)c2ccc(O)cc2)ccc1OC(=O)c1ccccc1OC. The number of amides is 1. The van der Waals surface area contributed by atoms with Gasteiger partial charge in [-0.25, -0.2) is 10.2 Å². The fraction of sp³-hybridized carbons (Fsp3) is 0.0870. The number of rotatable bonds is 7. The molecule has 8 nitrogen and oxygen atoms in total. The highest BCUT2D eigenvalue weighted by molar-refractivity contribution is 5.95. The molecule has 0 bridgehead atoms. The van der Waals surface area contributed by atoms with Crippen molar-refractivity contribution >= 4 is 18.1 Å². The third kappa shape index (κ3) is 5.39. The molecular weight excluding hydrogens is 400 g/mol. The lowest BCUT2D eigenvalue weighted by atomic mass is 10.2. The summed E-state index contributed by atoms with van der Waals surface area (Å²) in [5.41, 5.74) is 3.64. The number of para-hydroxylation sites is 1. The molecule has 0 aromatic heterocycles. The van der Waals surface area contributed by atoms with Crippen LogP contribution in [-0.2, 0) is 0 Å². The average Bonchev–Trinajstić information content (AvgIpc) is 2.80. The number of hydrazone groups is 1. The number of methoxy groups -OCH3 is 2. The predicted octanol–water partition coefficient (Wildman–Crippen LogP) is 3.39. The van der Waals surface area contributed by atoms with Crippen LogP contribution in [0.4, 0.5) is 0 Å². The van der Waals surface area contributed by atoms with E-state index in [1.165, 1.54) is 44.7 Å². The quantitative estimate of drug-likeness (QED) is 0.263. The van der Waals surface area contributed by atoms with Crippen LogP contribution < -0.4 is 19.6 Å². The number of carbonyl (C=O) groups excluding carboxylic acids is 2. The fourth-order valence-electron chi connectivity index (χ4n) is 2.66. The van der Waals surface area contributed by atoms with Crippen molar-refractivity contribution in [1.29, 1.82) is 0 Å². The molecule has 8 heteroatoms. The Labute approximate surface area is 178 Å². The summed E-state index contributed by atoms with van der Waals surface area (Å²) in [6.07, 6.45) is 1.42. The molecule has 0 heterocycles. The van der Waals surface area contributed by atoms with E-state index >= 15 is 0 Å². The lowest BCUT2D eigenvalue weighted by Crippen LogP contribution is -2.17. The van der Waals surface area contributed by atoms with Crippen LogP contribution in [-0.4, -0.2) is 37.4 Å². The molecule has 0 aliphatic carbocycles. The number of hydrogen-bond acceptors (Lipinski definition) is 7. The number of carbonyl (C=O) groups is 2. The monoisotopic (exact) mass is 420 g/mol. The van der Waals surface area contributed by atoms with Gasteiger partial charge in [0.1, 0.15) is 17.1 Å². The maximum absolute atomic E-state index is 12.5. The van der Waals surface area contributed by atoms with Gasteiger partial charge in [0, 0.05) is 5.56 Å². The molecule has 0 aliphatic rings. The maximum atomic E-state index is 12.5. The van der Waals surface area contributed by atoms with Crippen molar-refractivity contribution in [1.82, 2.24) is 5.43 Å². The Bertz CT molecular complexity index is 1110. The van der Waals surface area contributed by atoms with Crippen molar-refractivity contribution in [2.24, 2.45) is 5.10 Å². The summed E-state index contributed by atoms with van der Waals surface area (Å²) in [6, 6.07) is 17.4. The van der Waals surface area contributed by atoms with Gasteiger partial charge in [-0.3, -0.25) is 4.79 Å². The smallest absolute Gasteiger partial charge is 0.347 e. The van der Waals surface area contributed by atoms with E-state index < -0.39 is 11.9 Å². The van der Waals surface area contributed by atoms with Crippen LogP contribution in [0.2, 0.25) is 0 Å². The van der Waals surface area contributed by atoms with E-state index in [2.05, 4.69) is 10.5 Å². The van der Waals surface area contributed by atoms with Crippen LogP contribution in [0.25, 0.3) is 0 Å². The van der Waals surface area contributed by atoms with Crippen LogP contribution in [0.5, 0.6) is 23.0 Å². The first kappa shape index (κ1) is 21.4. The zero-order chi connectivity index (χ0) is 22.2. The number of esters is 1. The Hall–Kier alpha value is -4.33. The zero-order valence-electron chi connectivity index (χ0n) is 16.9. The molecule has 158 valence electrons. The molecule has 0 saturated heterocycles. The summed E-state index contributed by atoms with van der Waals surface area (Å²) >= 11 is 0. The molecule has 2 N–H and O–H groups in total. The first-order valence-corrected chi connectivity index (χ1v) is 9.17. The van der Waals surface area contributed by atoms with Crippen molar-refractivity contribution < 1.29 is 28.9 Å². The number of benzene rings is 3.